The van der Waals surface area contributed by atoms with Gasteiger partial charge in [-0.05, 0) is 36.4 Å². The first-order chi connectivity index (χ1) is 13.2. The lowest BCUT2D eigenvalue weighted by Crippen LogP contribution is -2.11. The lowest BCUT2D eigenvalue weighted by Gasteiger charge is -2.12. The number of nitrogens with zero attached hydrogens (tertiary/aromatic N) is 3. The van der Waals surface area contributed by atoms with Crippen LogP contribution in [0.15, 0.2) is 46.3 Å². The van der Waals surface area contributed by atoms with E-state index in [0.29, 0.717) is 11.4 Å². The van der Waals surface area contributed by atoms with E-state index in [2.05, 4.69) is 15.1 Å². The van der Waals surface area contributed by atoms with Gasteiger partial charge >= 0.3 is 5.97 Å². The average Bonchev–Trinajstić information content (AvgIpc) is 3.37. The third-order valence-electron chi connectivity index (χ3n) is 4.31. The second kappa shape index (κ2) is 7.28. The quantitative estimate of drug-likeness (QED) is 0.473. The fourth-order valence-corrected chi connectivity index (χ4v) is 3.63. The van der Waals surface area contributed by atoms with E-state index in [0.717, 1.165) is 33.5 Å². The Balaban J connectivity index is 1.59. The van der Waals surface area contributed by atoms with Crippen LogP contribution in [0.5, 0.6) is 0 Å². The van der Waals surface area contributed by atoms with Crippen LogP contribution in [-0.2, 0) is 17.8 Å². The Bertz CT molecular complexity index is 1100. The molecule has 0 aliphatic rings. The molecular formula is C20H17N3O3S. The van der Waals surface area contributed by atoms with Crippen molar-refractivity contribution in [3.05, 3.63) is 64.5 Å². The fourth-order valence-electron chi connectivity index (χ4n) is 2.98. The number of hydrogen-bond acceptors (Lipinski definition) is 7. The smallest absolute Gasteiger partial charge is 0.339 e. The zero-order valence-electron chi connectivity index (χ0n) is 14.9. The number of hydrogen-bond donors (Lipinski definition) is 0. The summed E-state index contributed by atoms with van der Waals surface area (Å²) in [7, 11) is 0. The van der Waals surface area contributed by atoms with Crippen molar-refractivity contribution in [3.63, 3.8) is 0 Å². The second-order valence-corrected chi connectivity index (χ2v) is 6.94. The third kappa shape index (κ3) is 3.33. The number of fused-ring (bicyclic) bond motifs is 1. The molecule has 0 fully saturated rings. The molecule has 0 N–H and O–H groups in total. The van der Waals surface area contributed by atoms with E-state index in [9.17, 15) is 4.79 Å². The number of esters is 1. The van der Waals surface area contributed by atoms with E-state index < -0.39 is 5.97 Å². The van der Waals surface area contributed by atoms with Crippen molar-refractivity contribution in [3.8, 4) is 10.7 Å². The van der Waals surface area contributed by atoms with Crippen LogP contribution in [0.4, 0.5) is 0 Å². The largest absolute Gasteiger partial charge is 0.452 e. The molecule has 1 aromatic carbocycles. The first kappa shape index (κ1) is 17.4. The van der Waals surface area contributed by atoms with Crippen LogP contribution in [0.3, 0.4) is 0 Å². The number of carbonyl (C=O) groups excluding carboxylic acids is 1. The van der Waals surface area contributed by atoms with E-state index in [1.54, 1.807) is 0 Å². The summed E-state index contributed by atoms with van der Waals surface area (Å²) in [5, 5.41) is 6.65. The standard InChI is InChI=1S/C20H17N3O3S/c1-3-14-12(2)18(13-7-4-5-8-15(13)21-14)20(24)25-11-17-22-19(23-26-17)16-9-6-10-27-16/h4-10H,3,11H2,1-2H3. The molecule has 3 aromatic heterocycles. The van der Waals surface area contributed by atoms with Gasteiger partial charge in [-0.15, -0.1) is 11.3 Å². The summed E-state index contributed by atoms with van der Waals surface area (Å²) in [5.41, 5.74) is 3.05. The van der Waals surface area contributed by atoms with Gasteiger partial charge in [0.2, 0.25) is 5.82 Å². The molecule has 6 nitrogen and oxygen atoms in total. The van der Waals surface area contributed by atoms with E-state index >= 15 is 0 Å². The molecule has 0 aliphatic heterocycles. The molecule has 0 spiro atoms. The van der Waals surface area contributed by atoms with Crippen LogP contribution in [-0.4, -0.2) is 21.1 Å². The van der Waals surface area contributed by atoms with E-state index in [1.165, 1.54) is 11.3 Å². The molecule has 0 bridgehead atoms. The highest BCUT2D eigenvalue weighted by Gasteiger charge is 2.20. The van der Waals surface area contributed by atoms with Gasteiger partial charge in [0, 0.05) is 11.1 Å². The third-order valence-corrected chi connectivity index (χ3v) is 5.18. The number of para-hydroxylation sites is 1. The Morgan fingerprint density at radius 1 is 1.19 bits per heavy atom. The van der Waals surface area contributed by atoms with Crippen molar-refractivity contribution < 1.29 is 14.1 Å². The van der Waals surface area contributed by atoms with Gasteiger partial charge in [0.25, 0.3) is 5.89 Å². The van der Waals surface area contributed by atoms with E-state index in [4.69, 9.17) is 9.26 Å². The van der Waals surface area contributed by atoms with Crippen LogP contribution >= 0.6 is 11.3 Å². The van der Waals surface area contributed by atoms with Crippen LogP contribution in [0.1, 0.15) is 34.4 Å². The molecule has 4 aromatic rings. The highest BCUT2D eigenvalue weighted by molar-refractivity contribution is 7.13. The molecule has 0 aliphatic carbocycles. The predicted octanol–water partition coefficient (Wildman–Crippen LogP) is 4.57. The number of aromatic nitrogens is 3. The summed E-state index contributed by atoms with van der Waals surface area (Å²) in [5.74, 6) is 0.338. The number of benzene rings is 1. The Hall–Kier alpha value is -3.06. The molecule has 0 radical (unpaired) electrons. The molecule has 3 heterocycles. The Kier molecular flexibility index (Phi) is 4.68. The maximum absolute atomic E-state index is 12.8. The van der Waals surface area contributed by atoms with Crippen molar-refractivity contribution in [2.24, 2.45) is 0 Å². The number of ether oxygens (including phenoxy) is 1. The van der Waals surface area contributed by atoms with Gasteiger partial charge in [0.1, 0.15) is 0 Å². The molecule has 7 heteroatoms. The van der Waals surface area contributed by atoms with Crippen LogP contribution in [0.2, 0.25) is 0 Å². The monoisotopic (exact) mass is 379 g/mol. The highest BCUT2D eigenvalue weighted by atomic mass is 32.1. The zero-order chi connectivity index (χ0) is 18.8. The lowest BCUT2D eigenvalue weighted by molar-refractivity contribution is 0.0431. The van der Waals surface area contributed by atoms with Crippen LogP contribution in [0, 0.1) is 6.92 Å². The van der Waals surface area contributed by atoms with Gasteiger partial charge < -0.3 is 9.26 Å². The van der Waals surface area contributed by atoms with Crippen LogP contribution < -0.4 is 0 Å². The van der Waals surface area contributed by atoms with E-state index in [1.807, 2.05) is 55.6 Å². The molecule has 27 heavy (non-hydrogen) atoms. The molecule has 4 rings (SSSR count). The number of carbonyl (C=O) groups is 1. The minimum atomic E-state index is -0.420. The van der Waals surface area contributed by atoms with E-state index in [-0.39, 0.29) is 12.5 Å². The maximum Gasteiger partial charge on any atom is 0.339 e. The van der Waals surface area contributed by atoms with Gasteiger partial charge in [-0.1, -0.05) is 36.3 Å². The molecule has 0 unspecified atom stereocenters. The Morgan fingerprint density at radius 2 is 2.04 bits per heavy atom. The molecular weight excluding hydrogens is 362 g/mol. The first-order valence-electron chi connectivity index (χ1n) is 8.59. The minimum Gasteiger partial charge on any atom is -0.452 e. The average molecular weight is 379 g/mol. The topological polar surface area (TPSA) is 78.1 Å². The van der Waals surface area contributed by atoms with Crippen molar-refractivity contribution in [2.45, 2.75) is 26.9 Å². The number of pyridine rings is 1. The number of aryl methyl sites for hydroxylation is 1. The lowest BCUT2D eigenvalue weighted by atomic mass is 10.0. The SMILES string of the molecule is CCc1nc2ccccc2c(C(=O)OCc2nc(-c3cccs3)no2)c1C. The summed E-state index contributed by atoms with van der Waals surface area (Å²) in [6.45, 7) is 3.84. The number of rotatable bonds is 5. The number of thiophene rings is 1. The van der Waals surface area contributed by atoms with Gasteiger partial charge in [-0.2, -0.15) is 4.98 Å². The second-order valence-electron chi connectivity index (χ2n) is 5.99. The summed E-state index contributed by atoms with van der Waals surface area (Å²) < 4.78 is 10.7. The van der Waals surface area contributed by atoms with Crippen molar-refractivity contribution in [1.82, 2.24) is 15.1 Å². The fraction of sp³-hybridized carbons (Fsp3) is 0.200. The van der Waals surface area contributed by atoms with Gasteiger partial charge in [0.05, 0.1) is 16.0 Å². The van der Waals surface area contributed by atoms with Gasteiger partial charge in [0.15, 0.2) is 6.61 Å². The molecule has 136 valence electrons. The normalized spacial score (nSPS) is 11.0. The molecule has 0 saturated heterocycles. The molecule has 0 atom stereocenters. The Labute approximate surface area is 159 Å². The minimum absolute atomic E-state index is 0.0746. The summed E-state index contributed by atoms with van der Waals surface area (Å²) in [6.07, 6.45) is 0.741. The first-order valence-corrected chi connectivity index (χ1v) is 9.47. The molecule has 0 amide bonds. The van der Waals surface area contributed by atoms with Gasteiger partial charge in [-0.25, -0.2) is 4.79 Å². The van der Waals surface area contributed by atoms with Crippen molar-refractivity contribution in [1.29, 1.82) is 0 Å². The predicted molar refractivity (Wildman–Crippen MR) is 103 cm³/mol. The zero-order valence-corrected chi connectivity index (χ0v) is 15.7. The molecule has 0 saturated carbocycles. The summed E-state index contributed by atoms with van der Waals surface area (Å²) in [4.78, 5) is 22.6. The van der Waals surface area contributed by atoms with Gasteiger partial charge in [-0.3, -0.25) is 4.98 Å². The Morgan fingerprint density at radius 3 is 2.81 bits per heavy atom. The van der Waals surface area contributed by atoms with Crippen LogP contribution in [0.25, 0.3) is 21.6 Å². The highest BCUT2D eigenvalue weighted by Crippen LogP contribution is 2.25. The summed E-state index contributed by atoms with van der Waals surface area (Å²) >= 11 is 1.52. The van der Waals surface area contributed by atoms with Crippen molar-refractivity contribution in [2.75, 3.05) is 0 Å². The summed E-state index contributed by atoms with van der Waals surface area (Å²) in [6, 6.07) is 11.4. The maximum atomic E-state index is 12.8. The van der Waals surface area contributed by atoms with Crippen molar-refractivity contribution >= 4 is 28.2 Å².